The number of ether oxygens (including phenoxy) is 1. The Balaban J connectivity index is 1.36. The zero-order valence-electron chi connectivity index (χ0n) is 17.4. The van der Waals surface area contributed by atoms with Gasteiger partial charge in [-0.1, -0.05) is 30.3 Å². The molecule has 0 N–H and O–H groups in total. The number of aromatic nitrogens is 3. The maximum absolute atomic E-state index is 11.7. The van der Waals surface area contributed by atoms with Crippen LogP contribution in [0.25, 0.3) is 44.1 Å². The van der Waals surface area contributed by atoms with Crippen molar-refractivity contribution in [3.05, 3.63) is 88.8 Å². The predicted molar refractivity (Wildman–Crippen MR) is 125 cm³/mol. The molecule has 0 saturated heterocycles. The summed E-state index contributed by atoms with van der Waals surface area (Å²) in [5, 5.41) is 1.98. The number of hydrogen-bond acceptors (Lipinski definition) is 5. The van der Waals surface area contributed by atoms with Crippen LogP contribution in [0.2, 0.25) is 0 Å². The molecule has 0 radical (unpaired) electrons. The van der Waals surface area contributed by atoms with Gasteiger partial charge in [-0.15, -0.1) is 0 Å². The highest BCUT2D eigenvalue weighted by atomic mass is 16.5. The van der Waals surface area contributed by atoms with Gasteiger partial charge < -0.3 is 13.7 Å². The van der Waals surface area contributed by atoms with Gasteiger partial charge in [-0.3, -0.25) is 0 Å². The van der Waals surface area contributed by atoms with Gasteiger partial charge in [-0.2, -0.15) is 0 Å². The van der Waals surface area contributed by atoms with Crippen LogP contribution in [0.15, 0.2) is 82.0 Å². The molecule has 6 aromatic rings. The first-order valence-corrected chi connectivity index (χ1v) is 10.5. The van der Waals surface area contributed by atoms with Gasteiger partial charge in [0.05, 0.1) is 23.1 Å². The van der Waals surface area contributed by atoms with Crippen LogP contribution < -0.4 is 10.4 Å². The Morgan fingerprint density at radius 3 is 2.56 bits per heavy atom. The fourth-order valence-corrected chi connectivity index (χ4v) is 4.26. The van der Waals surface area contributed by atoms with Crippen LogP contribution in [-0.2, 0) is 6.54 Å². The molecule has 0 aliphatic rings. The summed E-state index contributed by atoms with van der Waals surface area (Å²) in [5.74, 6) is 0.656. The number of hydrogen-bond donors (Lipinski definition) is 0. The van der Waals surface area contributed by atoms with Gasteiger partial charge >= 0.3 is 5.63 Å². The second kappa shape index (κ2) is 7.20. The van der Waals surface area contributed by atoms with Gasteiger partial charge in [0.1, 0.15) is 23.5 Å². The molecule has 3 aromatic carbocycles. The molecule has 0 saturated carbocycles. The van der Waals surface area contributed by atoms with Gasteiger partial charge in [0.15, 0.2) is 5.65 Å². The van der Waals surface area contributed by atoms with E-state index in [4.69, 9.17) is 19.1 Å². The molecule has 3 aromatic heterocycles. The Kier molecular flexibility index (Phi) is 4.18. The van der Waals surface area contributed by atoms with Crippen molar-refractivity contribution in [1.82, 2.24) is 14.5 Å². The van der Waals surface area contributed by atoms with Crippen LogP contribution >= 0.6 is 0 Å². The number of fused-ring (bicyclic) bond motifs is 5. The summed E-state index contributed by atoms with van der Waals surface area (Å²) in [4.78, 5) is 21.5. The van der Waals surface area contributed by atoms with Crippen molar-refractivity contribution in [3.8, 4) is 5.75 Å². The van der Waals surface area contributed by atoms with Crippen LogP contribution in [0, 0.1) is 6.92 Å². The van der Waals surface area contributed by atoms with E-state index in [9.17, 15) is 4.79 Å². The second-order valence-electron chi connectivity index (χ2n) is 7.81. The normalized spacial score (nSPS) is 11.7. The van der Waals surface area contributed by atoms with Crippen molar-refractivity contribution in [2.45, 2.75) is 13.5 Å². The number of rotatable bonds is 4. The van der Waals surface area contributed by atoms with E-state index in [2.05, 4.69) is 16.7 Å². The molecule has 0 aliphatic carbocycles. The fraction of sp³-hybridized carbons (Fsp3) is 0.115. The van der Waals surface area contributed by atoms with Gasteiger partial charge in [0.2, 0.25) is 0 Å². The van der Waals surface area contributed by atoms with E-state index in [0.717, 1.165) is 44.0 Å². The average Bonchev–Trinajstić information content (AvgIpc) is 3.10. The van der Waals surface area contributed by atoms with Crippen molar-refractivity contribution in [2.24, 2.45) is 0 Å². The predicted octanol–water partition coefficient (Wildman–Crippen LogP) is 5.23. The highest BCUT2D eigenvalue weighted by Crippen LogP contribution is 2.28. The molecule has 6 nitrogen and oxygen atoms in total. The first kappa shape index (κ1) is 18.6. The molecule has 0 bridgehead atoms. The molecule has 3 heterocycles. The summed E-state index contributed by atoms with van der Waals surface area (Å²) in [7, 11) is 0. The Labute approximate surface area is 182 Å². The third-order valence-electron chi connectivity index (χ3n) is 5.76. The van der Waals surface area contributed by atoms with Crippen molar-refractivity contribution in [3.63, 3.8) is 0 Å². The van der Waals surface area contributed by atoms with Gasteiger partial charge in [0.25, 0.3) is 0 Å². The number of aryl methyl sites for hydroxylation is 1. The Morgan fingerprint density at radius 2 is 1.69 bits per heavy atom. The van der Waals surface area contributed by atoms with Gasteiger partial charge in [-0.25, -0.2) is 14.8 Å². The van der Waals surface area contributed by atoms with E-state index < -0.39 is 0 Å². The molecule has 156 valence electrons. The molecule has 0 fully saturated rings. The van der Waals surface area contributed by atoms with Crippen molar-refractivity contribution >= 4 is 44.1 Å². The van der Waals surface area contributed by atoms with E-state index in [1.54, 1.807) is 6.07 Å². The van der Waals surface area contributed by atoms with Crippen LogP contribution in [0.3, 0.4) is 0 Å². The monoisotopic (exact) mass is 421 g/mol. The number of benzene rings is 3. The van der Waals surface area contributed by atoms with E-state index in [-0.39, 0.29) is 5.63 Å². The molecule has 6 heteroatoms. The first-order valence-electron chi connectivity index (χ1n) is 10.5. The lowest BCUT2D eigenvalue weighted by Crippen LogP contribution is -2.09. The maximum Gasteiger partial charge on any atom is 0.336 e. The summed E-state index contributed by atoms with van der Waals surface area (Å²) < 4.78 is 13.5. The zero-order valence-corrected chi connectivity index (χ0v) is 17.4. The van der Waals surface area contributed by atoms with Crippen LogP contribution in [0.1, 0.15) is 5.56 Å². The van der Waals surface area contributed by atoms with Crippen LogP contribution in [0.4, 0.5) is 0 Å². The highest BCUT2D eigenvalue weighted by Gasteiger charge is 2.14. The number of nitrogens with zero attached hydrogens (tertiary/aromatic N) is 3. The number of para-hydroxylation sites is 3. The summed E-state index contributed by atoms with van der Waals surface area (Å²) in [5.41, 5.74) is 5.61. The molecule has 0 atom stereocenters. The summed E-state index contributed by atoms with van der Waals surface area (Å²) in [6.07, 6.45) is 0. The quantitative estimate of drug-likeness (QED) is 0.365. The SMILES string of the molecule is Cc1cc(=O)oc2cc(OCCn3c4ccccc4c4nc5ccccc5nc43)ccc12. The molecule has 0 spiro atoms. The molecule has 0 unspecified atom stereocenters. The fourth-order valence-electron chi connectivity index (χ4n) is 4.26. The standard InChI is InChI=1S/C26H19N3O3/c1-16-14-24(30)32-23-15-17(10-11-18(16)23)31-13-12-29-22-9-5-2-6-19(22)25-26(29)28-21-8-4-3-7-20(21)27-25/h2-11,14-15H,12-13H2,1H3. The smallest absolute Gasteiger partial charge is 0.336 e. The molecule has 0 amide bonds. The topological polar surface area (TPSA) is 70.2 Å². The third kappa shape index (κ3) is 3.00. The summed E-state index contributed by atoms with van der Waals surface area (Å²) >= 11 is 0. The van der Waals surface area contributed by atoms with Crippen LogP contribution in [-0.4, -0.2) is 21.1 Å². The van der Waals surface area contributed by atoms with E-state index >= 15 is 0 Å². The molecule has 32 heavy (non-hydrogen) atoms. The average molecular weight is 421 g/mol. The summed E-state index contributed by atoms with van der Waals surface area (Å²) in [6.45, 7) is 2.93. The zero-order chi connectivity index (χ0) is 21.7. The van der Waals surface area contributed by atoms with Gasteiger partial charge in [-0.05, 0) is 42.8 Å². The highest BCUT2D eigenvalue weighted by molar-refractivity contribution is 6.06. The Hall–Kier alpha value is -4.19. The van der Waals surface area contributed by atoms with Gasteiger partial charge in [0, 0.05) is 22.9 Å². The lowest BCUT2D eigenvalue weighted by Gasteiger charge is -2.10. The van der Waals surface area contributed by atoms with Crippen molar-refractivity contribution in [2.75, 3.05) is 6.61 Å². The lowest BCUT2D eigenvalue weighted by molar-refractivity contribution is 0.302. The first-order chi connectivity index (χ1) is 15.7. The van der Waals surface area contributed by atoms with E-state index in [1.807, 2.05) is 55.5 Å². The molecule has 6 rings (SSSR count). The molecular formula is C26H19N3O3. The molecule has 0 aliphatic heterocycles. The minimum Gasteiger partial charge on any atom is -0.492 e. The Bertz CT molecular complexity index is 1700. The largest absolute Gasteiger partial charge is 0.492 e. The Morgan fingerprint density at radius 1 is 0.906 bits per heavy atom. The molecular weight excluding hydrogens is 402 g/mol. The maximum atomic E-state index is 11.7. The third-order valence-corrected chi connectivity index (χ3v) is 5.76. The minimum absolute atomic E-state index is 0.358. The van der Waals surface area contributed by atoms with Crippen molar-refractivity contribution in [1.29, 1.82) is 0 Å². The van der Waals surface area contributed by atoms with E-state index in [1.165, 1.54) is 6.07 Å². The van der Waals surface area contributed by atoms with Crippen molar-refractivity contribution < 1.29 is 9.15 Å². The second-order valence-corrected chi connectivity index (χ2v) is 7.81. The summed E-state index contributed by atoms with van der Waals surface area (Å²) in [6, 6.07) is 23.2. The van der Waals surface area contributed by atoms with E-state index in [0.29, 0.717) is 24.5 Å². The van der Waals surface area contributed by atoms with Crippen LogP contribution in [0.5, 0.6) is 5.75 Å². The minimum atomic E-state index is -0.358. The lowest BCUT2D eigenvalue weighted by atomic mass is 10.1.